The second-order valence-electron chi connectivity index (χ2n) is 3.53. The van der Waals surface area contributed by atoms with E-state index in [4.69, 9.17) is 0 Å². The third kappa shape index (κ3) is 4.59. The fraction of sp³-hybridized carbons (Fsp3) is 0.700. The van der Waals surface area contributed by atoms with Gasteiger partial charge in [-0.1, -0.05) is 6.92 Å². The number of hydrogen-bond donors (Lipinski definition) is 2. The highest BCUT2D eigenvalue weighted by atomic mass is 79.9. The molecule has 1 aromatic heterocycles. The Labute approximate surface area is 103 Å². The van der Waals surface area contributed by atoms with E-state index in [0.29, 0.717) is 0 Å². The summed E-state index contributed by atoms with van der Waals surface area (Å²) in [6.45, 7) is 4.91. The minimum Gasteiger partial charge on any atom is -0.393 e. The van der Waals surface area contributed by atoms with E-state index in [-0.39, 0.29) is 12.1 Å². The van der Waals surface area contributed by atoms with Crippen molar-refractivity contribution in [2.24, 2.45) is 0 Å². The SMILES string of the molecule is CCC(O)CCNC(C)c1ncc(Br)s1. The molecule has 0 fully saturated rings. The van der Waals surface area contributed by atoms with Gasteiger partial charge in [0.1, 0.15) is 5.01 Å². The van der Waals surface area contributed by atoms with Crippen LogP contribution in [0.4, 0.5) is 0 Å². The fourth-order valence-electron chi connectivity index (χ4n) is 1.23. The van der Waals surface area contributed by atoms with Gasteiger partial charge in [-0.3, -0.25) is 0 Å². The normalized spacial score (nSPS) is 15.2. The van der Waals surface area contributed by atoms with E-state index in [1.165, 1.54) is 0 Å². The molecule has 15 heavy (non-hydrogen) atoms. The molecule has 3 nitrogen and oxygen atoms in total. The second-order valence-corrected chi connectivity index (χ2v) is 5.97. The Morgan fingerprint density at radius 3 is 2.93 bits per heavy atom. The summed E-state index contributed by atoms with van der Waals surface area (Å²) in [5, 5.41) is 13.8. The van der Waals surface area contributed by atoms with Crippen LogP contribution in [0.3, 0.4) is 0 Å². The lowest BCUT2D eigenvalue weighted by Gasteiger charge is -2.12. The van der Waals surface area contributed by atoms with Gasteiger partial charge >= 0.3 is 0 Å². The van der Waals surface area contributed by atoms with E-state index in [9.17, 15) is 5.11 Å². The molecule has 2 N–H and O–H groups in total. The Balaban J connectivity index is 2.27. The van der Waals surface area contributed by atoms with Crippen molar-refractivity contribution in [1.29, 1.82) is 0 Å². The van der Waals surface area contributed by atoms with E-state index < -0.39 is 0 Å². The van der Waals surface area contributed by atoms with Crippen molar-refractivity contribution in [2.45, 2.75) is 38.8 Å². The maximum atomic E-state index is 9.38. The van der Waals surface area contributed by atoms with Gasteiger partial charge < -0.3 is 10.4 Å². The predicted octanol–water partition coefficient (Wildman–Crippen LogP) is 2.72. The summed E-state index contributed by atoms with van der Waals surface area (Å²) in [4.78, 5) is 4.28. The minimum atomic E-state index is -0.187. The van der Waals surface area contributed by atoms with E-state index >= 15 is 0 Å². The van der Waals surface area contributed by atoms with Crippen LogP contribution >= 0.6 is 27.3 Å². The molecule has 0 amide bonds. The van der Waals surface area contributed by atoms with Crippen molar-refractivity contribution in [2.75, 3.05) is 6.54 Å². The van der Waals surface area contributed by atoms with Gasteiger partial charge in [-0.25, -0.2) is 4.98 Å². The quantitative estimate of drug-likeness (QED) is 0.847. The summed E-state index contributed by atoms with van der Waals surface area (Å²) < 4.78 is 1.06. The molecule has 1 aromatic rings. The molecule has 0 radical (unpaired) electrons. The maximum absolute atomic E-state index is 9.38. The van der Waals surface area contributed by atoms with Gasteiger partial charge in [-0.2, -0.15) is 0 Å². The minimum absolute atomic E-state index is 0.187. The maximum Gasteiger partial charge on any atom is 0.110 e. The Morgan fingerprint density at radius 1 is 1.67 bits per heavy atom. The van der Waals surface area contributed by atoms with Gasteiger partial charge in [0.15, 0.2) is 0 Å². The van der Waals surface area contributed by atoms with Crippen LogP contribution in [-0.4, -0.2) is 22.7 Å². The van der Waals surface area contributed by atoms with Gasteiger partial charge in [0, 0.05) is 0 Å². The first-order chi connectivity index (χ1) is 7.13. The molecule has 0 bridgehead atoms. The first kappa shape index (κ1) is 13.1. The van der Waals surface area contributed by atoms with Crippen molar-refractivity contribution < 1.29 is 5.11 Å². The van der Waals surface area contributed by atoms with Crippen LogP contribution in [0.1, 0.15) is 37.7 Å². The van der Waals surface area contributed by atoms with Crippen LogP contribution in [0.15, 0.2) is 9.98 Å². The van der Waals surface area contributed by atoms with Gasteiger partial charge in [0.05, 0.1) is 22.1 Å². The first-order valence-corrected chi connectivity index (χ1v) is 6.77. The van der Waals surface area contributed by atoms with Gasteiger partial charge in [-0.05, 0) is 42.2 Å². The molecule has 0 aliphatic rings. The third-order valence-corrected chi connectivity index (χ3v) is 3.92. The molecular formula is C10H17BrN2OS. The van der Waals surface area contributed by atoms with Crippen LogP contribution < -0.4 is 5.32 Å². The number of nitrogens with one attached hydrogen (secondary N) is 1. The lowest BCUT2D eigenvalue weighted by atomic mass is 10.2. The molecule has 0 aliphatic carbocycles. The third-order valence-electron chi connectivity index (χ3n) is 2.27. The van der Waals surface area contributed by atoms with Crippen LogP contribution in [0, 0.1) is 0 Å². The zero-order chi connectivity index (χ0) is 11.3. The summed E-state index contributed by atoms with van der Waals surface area (Å²) in [5.74, 6) is 0. The van der Waals surface area contributed by atoms with Crippen molar-refractivity contribution in [3.8, 4) is 0 Å². The molecule has 0 aromatic carbocycles. The molecule has 2 atom stereocenters. The van der Waals surface area contributed by atoms with E-state index in [2.05, 4.69) is 33.2 Å². The molecule has 1 rings (SSSR count). The Bertz CT molecular complexity index is 293. The lowest BCUT2D eigenvalue weighted by Crippen LogP contribution is -2.23. The van der Waals surface area contributed by atoms with Crippen LogP contribution in [0.5, 0.6) is 0 Å². The van der Waals surface area contributed by atoms with Crippen molar-refractivity contribution in [3.63, 3.8) is 0 Å². The standard InChI is InChI=1S/C10H17BrN2OS/c1-3-8(14)4-5-12-7(2)10-13-6-9(11)15-10/h6-8,12,14H,3-5H2,1-2H3. The second kappa shape index (κ2) is 6.58. The molecular weight excluding hydrogens is 276 g/mol. The van der Waals surface area contributed by atoms with Gasteiger partial charge in [-0.15, -0.1) is 11.3 Å². The highest BCUT2D eigenvalue weighted by Gasteiger charge is 2.09. The fourth-order valence-corrected chi connectivity index (χ4v) is 2.50. The van der Waals surface area contributed by atoms with E-state index in [1.54, 1.807) is 11.3 Å². The number of hydrogen-bond acceptors (Lipinski definition) is 4. The number of thiazole rings is 1. The Hall–Kier alpha value is 0.0300. The van der Waals surface area contributed by atoms with E-state index in [1.807, 2.05) is 13.1 Å². The molecule has 0 saturated heterocycles. The largest absolute Gasteiger partial charge is 0.393 e. The number of halogens is 1. The summed E-state index contributed by atoms with van der Waals surface area (Å²) in [6, 6.07) is 0.255. The number of aromatic nitrogens is 1. The molecule has 1 heterocycles. The van der Waals surface area contributed by atoms with Gasteiger partial charge in [0.2, 0.25) is 0 Å². The highest BCUT2D eigenvalue weighted by molar-refractivity contribution is 9.11. The molecule has 0 aliphatic heterocycles. The van der Waals surface area contributed by atoms with E-state index in [0.717, 1.165) is 28.2 Å². The number of rotatable bonds is 6. The average molecular weight is 293 g/mol. The van der Waals surface area contributed by atoms with Crippen LogP contribution in [-0.2, 0) is 0 Å². The zero-order valence-corrected chi connectivity index (χ0v) is 11.4. The summed E-state index contributed by atoms with van der Waals surface area (Å²) in [7, 11) is 0. The van der Waals surface area contributed by atoms with Crippen molar-refractivity contribution >= 4 is 27.3 Å². The van der Waals surface area contributed by atoms with Crippen LogP contribution in [0.2, 0.25) is 0 Å². The molecule has 86 valence electrons. The predicted molar refractivity (Wildman–Crippen MR) is 67.1 cm³/mol. The zero-order valence-electron chi connectivity index (χ0n) is 9.03. The van der Waals surface area contributed by atoms with Crippen molar-refractivity contribution in [3.05, 3.63) is 15.0 Å². The van der Waals surface area contributed by atoms with Crippen LogP contribution in [0.25, 0.3) is 0 Å². The number of aliphatic hydroxyl groups excluding tert-OH is 1. The molecule has 0 saturated carbocycles. The first-order valence-electron chi connectivity index (χ1n) is 5.16. The number of aliphatic hydroxyl groups is 1. The Morgan fingerprint density at radius 2 is 2.40 bits per heavy atom. The van der Waals surface area contributed by atoms with Gasteiger partial charge in [0.25, 0.3) is 0 Å². The molecule has 2 unspecified atom stereocenters. The summed E-state index contributed by atoms with van der Waals surface area (Å²) >= 11 is 5.03. The Kier molecular flexibility index (Phi) is 5.74. The topological polar surface area (TPSA) is 45.1 Å². The lowest BCUT2D eigenvalue weighted by molar-refractivity contribution is 0.159. The summed E-state index contributed by atoms with van der Waals surface area (Å²) in [6.07, 6.45) is 3.25. The summed E-state index contributed by atoms with van der Waals surface area (Å²) in [5.41, 5.74) is 0. The monoisotopic (exact) mass is 292 g/mol. The average Bonchev–Trinajstić information content (AvgIpc) is 2.64. The molecule has 5 heteroatoms. The molecule has 0 spiro atoms. The number of nitrogens with zero attached hydrogens (tertiary/aromatic N) is 1. The highest BCUT2D eigenvalue weighted by Crippen LogP contribution is 2.23. The van der Waals surface area contributed by atoms with Crippen molar-refractivity contribution in [1.82, 2.24) is 10.3 Å². The smallest absolute Gasteiger partial charge is 0.110 e.